The molecule has 0 saturated carbocycles. The second-order valence-corrected chi connectivity index (χ2v) is 5.37. The minimum absolute atomic E-state index is 0.160. The average molecular weight is 282 g/mol. The van der Waals surface area contributed by atoms with Crippen LogP contribution in [0.4, 0.5) is 0 Å². The number of hydrogen-bond donors (Lipinski definition) is 0. The first-order chi connectivity index (χ1) is 10.1. The van der Waals surface area contributed by atoms with Crippen molar-refractivity contribution in [2.45, 2.75) is 27.3 Å². The number of carbonyl (C=O) groups is 1. The van der Waals surface area contributed by atoms with Crippen LogP contribution in [-0.2, 0) is 6.54 Å². The summed E-state index contributed by atoms with van der Waals surface area (Å²) in [5.74, 6) is 0.160. The summed E-state index contributed by atoms with van der Waals surface area (Å²) in [6.45, 7) is 8.01. The lowest BCUT2D eigenvalue weighted by molar-refractivity contribution is 0.0928. The summed E-state index contributed by atoms with van der Waals surface area (Å²) >= 11 is 0. The molecule has 2 rings (SSSR count). The van der Waals surface area contributed by atoms with E-state index >= 15 is 0 Å². The van der Waals surface area contributed by atoms with Gasteiger partial charge in [-0.1, -0.05) is 36.8 Å². The second kappa shape index (κ2) is 7.14. The minimum atomic E-state index is 0.160. The topological polar surface area (TPSA) is 33.2 Å². The highest BCUT2D eigenvalue weighted by Crippen LogP contribution is 2.08. The van der Waals surface area contributed by atoms with Crippen molar-refractivity contribution in [2.24, 2.45) is 0 Å². The van der Waals surface area contributed by atoms with Crippen LogP contribution in [0.5, 0.6) is 0 Å². The van der Waals surface area contributed by atoms with Crippen LogP contribution in [0.3, 0.4) is 0 Å². The SMILES string of the molecule is CCN(CC(=O)c1cccc(C)c1)Cc1cccc(C)n1. The van der Waals surface area contributed by atoms with Gasteiger partial charge in [0.1, 0.15) is 0 Å². The minimum Gasteiger partial charge on any atom is -0.293 e. The van der Waals surface area contributed by atoms with Crippen molar-refractivity contribution in [2.75, 3.05) is 13.1 Å². The van der Waals surface area contributed by atoms with Crippen LogP contribution in [-0.4, -0.2) is 28.8 Å². The third-order valence-corrected chi connectivity index (χ3v) is 3.49. The van der Waals surface area contributed by atoms with Crippen LogP contribution in [0.25, 0.3) is 0 Å². The Hall–Kier alpha value is -2.00. The third-order valence-electron chi connectivity index (χ3n) is 3.49. The van der Waals surface area contributed by atoms with Crippen molar-refractivity contribution in [3.63, 3.8) is 0 Å². The normalized spacial score (nSPS) is 10.9. The molecule has 0 spiro atoms. The number of hydrogen-bond acceptors (Lipinski definition) is 3. The molecule has 0 saturated heterocycles. The third kappa shape index (κ3) is 4.50. The van der Waals surface area contributed by atoms with Crippen LogP contribution in [0.2, 0.25) is 0 Å². The van der Waals surface area contributed by atoms with Crippen molar-refractivity contribution >= 4 is 5.78 Å². The quantitative estimate of drug-likeness (QED) is 0.761. The smallest absolute Gasteiger partial charge is 0.176 e. The van der Waals surface area contributed by atoms with Crippen LogP contribution in [0.15, 0.2) is 42.5 Å². The first-order valence-electron chi connectivity index (χ1n) is 7.33. The number of ketones is 1. The summed E-state index contributed by atoms with van der Waals surface area (Å²) in [5, 5.41) is 0. The predicted molar refractivity (Wildman–Crippen MR) is 85.4 cm³/mol. The Morgan fingerprint density at radius 3 is 2.57 bits per heavy atom. The molecule has 0 aliphatic rings. The number of carbonyl (C=O) groups excluding carboxylic acids is 1. The summed E-state index contributed by atoms with van der Waals surface area (Å²) in [4.78, 5) is 19.0. The average Bonchev–Trinajstić information content (AvgIpc) is 2.46. The maximum absolute atomic E-state index is 12.4. The standard InChI is InChI=1S/C18H22N2O/c1-4-20(12-17-10-6-8-15(3)19-17)13-18(21)16-9-5-7-14(2)11-16/h5-11H,4,12-13H2,1-3H3. The van der Waals surface area contributed by atoms with Crippen molar-refractivity contribution in [1.29, 1.82) is 0 Å². The molecule has 1 aromatic carbocycles. The molecular weight excluding hydrogens is 260 g/mol. The van der Waals surface area contributed by atoms with Gasteiger partial charge in [-0.25, -0.2) is 0 Å². The number of benzene rings is 1. The molecule has 0 aliphatic heterocycles. The van der Waals surface area contributed by atoms with Gasteiger partial charge in [-0.3, -0.25) is 14.7 Å². The fourth-order valence-electron chi connectivity index (χ4n) is 2.31. The van der Waals surface area contributed by atoms with E-state index in [9.17, 15) is 4.79 Å². The molecule has 3 heteroatoms. The molecule has 1 aromatic heterocycles. The number of nitrogens with zero attached hydrogens (tertiary/aromatic N) is 2. The van der Waals surface area contributed by atoms with E-state index in [2.05, 4.69) is 16.8 Å². The Labute approximate surface area is 126 Å². The van der Waals surface area contributed by atoms with Gasteiger partial charge in [0.2, 0.25) is 0 Å². The number of rotatable bonds is 6. The molecule has 1 heterocycles. The molecule has 0 N–H and O–H groups in total. The highest BCUT2D eigenvalue weighted by atomic mass is 16.1. The zero-order chi connectivity index (χ0) is 15.2. The molecule has 0 radical (unpaired) electrons. The molecule has 0 aliphatic carbocycles. The number of likely N-dealkylation sites (N-methyl/N-ethyl adjacent to an activating group) is 1. The van der Waals surface area contributed by atoms with Crippen LogP contribution in [0, 0.1) is 13.8 Å². The van der Waals surface area contributed by atoms with Crippen molar-refractivity contribution in [3.05, 3.63) is 65.0 Å². The summed E-state index contributed by atoms with van der Waals surface area (Å²) in [6.07, 6.45) is 0. The second-order valence-electron chi connectivity index (χ2n) is 5.37. The van der Waals surface area contributed by atoms with Crippen LogP contribution < -0.4 is 0 Å². The van der Waals surface area contributed by atoms with E-state index in [1.54, 1.807) is 0 Å². The van der Waals surface area contributed by atoms with Gasteiger partial charge in [-0.2, -0.15) is 0 Å². The van der Waals surface area contributed by atoms with E-state index in [0.29, 0.717) is 13.1 Å². The summed E-state index contributed by atoms with van der Waals surface area (Å²) in [5.41, 5.74) is 3.91. The first kappa shape index (κ1) is 15.4. The van der Waals surface area contributed by atoms with E-state index in [1.165, 1.54) is 0 Å². The summed E-state index contributed by atoms with van der Waals surface area (Å²) in [6, 6.07) is 13.8. The van der Waals surface area contributed by atoms with E-state index in [1.807, 2.05) is 56.3 Å². The number of pyridine rings is 1. The van der Waals surface area contributed by atoms with Gasteiger partial charge in [0.25, 0.3) is 0 Å². The Kier molecular flexibility index (Phi) is 5.23. The molecule has 0 fully saturated rings. The maximum atomic E-state index is 12.4. The van der Waals surface area contributed by atoms with Gasteiger partial charge in [0.15, 0.2) is 5.78 Å². The fourth-order valence-corrected chi connectivity index (χ4v) is 2.31. The lowest BCUT2D eigenvalue weighted by Gasteiger charge is -2.19. The van der Waals surface area contributed by atoms with Gasteiger partial charge >= 0.3 is 0 Å². The van der Waals surface area contributed by atoms with Crippen molar-refractivity contribution < 1.29 is 4.79 Å². The molecule has 2 aromatic rings. The molecule has 21 heavy (non-hydrogen) atoms. The molecule has 3 nitrogen and oxygen atoms in total. The van der Waals surface area contributed by atoms with E-state index in [0.717, 1.165) is 29.1 Å². The van der Waals surface area contributed by atoms with Crippen LogP contribution >= 0.6 is 0 Å². The maximum Gasteiger partial charge on any atom is 0.176 e. The Morgan fingerprint density at radius 2 is 1.90 bits per heavy atom. The lowest BCUT2D eigenvalue weighted by atomic mass is 10.1. The molecular formula is C18H22N2O. The summed E-state index contributed by atoms with van der Waals surface area (Å²) < 4.78 is 0. The zero-order valence-electron chi connectivity index (χ0n) is 13.0. The number of aryl methyl sites for hydroxylation is 2. The molecule has 0 atom stereocenters. The van der Waals surface area contributed by atoms with Crippen molar-refractivity contribution in [3.8, 4) is 0 Å². The number of aromatic nitrogens is 1. The molecule has 0 unspecified atom stereocenters. The number of Topliss-reactive ketones (excluding diaryl/α,β-unsaturated/α-hetero) is 1. The Morgan fingerprint density at radius 1 is 1.14 bits per heavy atom. The van der Waals surface area contributed by atoms with E-state index in [-0.39, 0.29) is 5.78 Å². The lowest BCUT2D eigenvalue weighted by Crippen LogP contribution is -2.29. The summed E-state index contributed by atoms with van der Waals surface area (Å²) in [7, 11) is 0. The molecule has 110 valence electrons. The Bertz CT molecular complexity index is 622. The van der Waals surface area contributed by atoms with Gasteiger partial charge in [0.05, 0.1) is 12.2 Å². The monoisotopic (exact) mass is 282 g/mol. The van der Waals surface area contributed by atoms with Gasteiger partial charge < -0.3 is 0 Å². The van der Waals surface area contributed by atoms with Gasteiger partial charge in [0, 0.05) is 17.8 Å². The van der Waals surface area contributed by atoms with Gasteiger partial charge in [-0.15, -0.1) is 0 Å². The highest BCUT2D eigenvalue weighted by molar-refractivity contribution is 5.97. The first-order valence-corrected chi connectivity index (χ1v) is 7.33. The van der Waals surface area contributed by atoms with Crippen molar-refractivity contribution in [1.82, 2.24) is 9.88 Å². The molecule has 0 bridgehead atoms. The molecule has 0 amide bonds. The zero-order valence-corrected chi connectivity index (χ0v) is 13.0. The Balaban J connectivity index is 2.03. The van der Waals surface area contributed by atoms with E-state index < -0.39 is 0 Å². The predicted octanol–water partition coefficient (Wildman–Crippen LogP) is 3.40. The van der Waals surface area contributed by atoms with E-state index in [4.69, 9.17) is 0 Å². The fraction of sp³-hybridized carbons (Fsp3) is 0.333. The highest BCUT2D eigenvalue weighted by Gasteiger charge is 2.12. The van der Waals surface area contributed by atoms with Gasteiger partial charge in [-0.05, 0) is 38.6 Å². The largest absolute Gasteiger partial charge is 0.293 e. The van der Waals surface area contributed by atoms with Crippen LogP contribution in [0.1, 0.15) is 34.2 Å².